The van der Waals surface area contributed by atoms with Crippen LogP contribution >= 0.6 is 0 Å². The van der Waals surface area contributed by atoms with E-state index in [-0.39, 0.29) is 10.8 Å². The number of amides is 1. The van der Waals surface area contributed by atoms with Crippen molar-refractivity contribution in [2.24, 2.45) is 0 Å². The zero-order valence-corrected chi connectivity index (χ0v) is 16.9. The van der Waals surface area contributed by atoms with Gasteiger partial charge in [0.15, 0.2) is 0 Å². The SMILES string of the molecule is Cc1ccc(NC(=O)CN2CCCCC2C)cc1S(=O)(=O)N1CCOCC1. The summed E-state index contributed by atoms with van der Waals surface area (Å²) in [6.07, 6.45) is 3.43. The van der Waals surface area contributed by atoms with Gasteiger partial charge in [-0.25, -0.2) is 8.42 Å². The molecule has 0 aromatic heterocycles. The summed E-state index contributed by atoms with van der Waals surface area (Å²) in [5.41, 5.74) is 1.19. The van der Waals surface area contributed by atoms with Crippen LogP contribution in [0, 0.1) is 6.92 Å². The van der Waals surface area contributed by atoms with Gasteiger partial charge in [-0.3, -0.25) is 9.69 Å². The number of hydrogen-bond donors (Lipinski definition) is 1. The van der Waals surface area contributed by atoms with E-state index in [1.807, 2.05) is 0 Å². The third-order valence-electron chi connectivity index (χ3n) is 5.35. The molecule has 0 spiro atoms. The topological polar surface area (TPSA) is 79.0 Å². The minimum Gasteiger partial charge on any atom is -0.379 e. The van der Waals surface area contributed by atoms with E-state index in [4.69, 9.17) is 4.74 Å². The lowest BCUT2D eigenvalue weighted by molar-refractivity contribution is -0.118. The molecule has 1 aromatic rings. The van der Waals surface area contributed by atoms with Gasteiger partial charge in [-0.2, -0.15) is 4.31 Å². The first-order chi connectivity index (χ1) is 12.9. The lowest BCUT2D eigenvalue weighted by Gasteiger charge is -2.32. The third kappa shape index (κ3) is 4.87. The van der Waals surface area contributed by atoms with Gasteiger partial charge in [-0.1, -0.05) is 12.5 Å². The minimum absolute atomic E-state index is 0.109. The van der Waals surface area contributed by atoms with E-state index in [0.29, 0.717) is 50.1 Å². The molecule has 0 saturated carbocycles. The normalized spacial score (nSPS) is 22.5. The molecule has 2 fully saturated rings. The molecular formula is C19H29N3O4S. The molecule has 1 unspecified atom stereocenters. The molecule has 0 aliphatic carbocycles. The molecule has 8 heteroatoms. The van der Waals surface area contributed by atoms with Gasteiger partial charge in [0.1, 0.15) is 0 Å². The van der Waals surface area contributed by atoms with E-state index >= 15 is 0 Å². The van der Waals surface area contributed by atoms with Crippen LogP contribution in [0.25, 0.3) is 0 Å². The minimum atomic E-state index is -3.60. The van der Waals surface area contributed by atoms with Crippen molar-refractivity contribution < 1.29 is 17.9 Å². The number of hydrogen-bond acceptors (Lipinski definition) is 5. The Morgan fingerprint density at radius 2 is 1.96 bits per heavy atom. The van der Waals surface area contributed by atoms with Gasteiger partial charge in [0.05, 0.1) is 24.7 Å². The Balaban J connectivity index is 1.72. The second kappa shape index (κ2) is 8.68. The van der Waals surface area contributed by atoms with Crippen LogP contribution < -0.4 is 5.32 Å². The molecule has 2 aliphatic heterocycles. The molecule has 1 amide bonds. The molecular weight excluding hydrogens is 366 g/mol. The third-order valence-corrected chi connectivity index (χ3v) is 7.39. The van der Waals surface area contributed by atoms with Crippen molar-refractivity contribution in [2.75, 3.05) is 44.7 Å². The van der Waals surface area contributed by atoms with Crippen molar-refractivity contribution in [1.29, 1.82) is 0 Å². The van der Waals surface area contributed by atoms with Crippen molar-refractivity contribution >= 4 is 21.6 Å². The van der Waals surface area contributed by atoms with E-state index in [1.54, 1.807) is 25.1 Å². The number of ether oxygens (including phenoxy) is 1. The van der Waals surface area contributed by atoms with Gasteiger partial charge in [0, 0.05) is 24.8 Å². The Bertz CT molecular complexity index is 775. The fraction of sp³-hybridized carbons (Fsp3) is 0.632. The monoisotopic (exact) mass is 395 g/mol. The number of benzene rings is 1. The van der Waals surface area contributed by atoms with Gasteiger partial charge < -0.3 is 10.1 Å². The van der Waals surface area contributed by atoms with Gasteiger partial charge in [-0.15, -0.1) is 0 Å². The van der Waals surface area contributed by atoms with Crippen molar-refractivity contribution in [3.63, 3.8) is 0 Å². The summed E-state index contributed by atoms with van der Waals surface area (Å²) >= 11 is 0. The highest BCUT2D eigenvalue weighted by atomic mass is 32.2. The quantitative estimate of drug-likeness (QED) is 0.823. The Morgan fingerprint density at radius 3 is 2.67 bits per heavy atom. The summed E-state index contributed by atoms with van der Waals surface area (Å²) in [6, 6.07) is 5.47. The van der Waals surface area contributed by atoms with Crippen molar-refractivity contribution in [3.05, 3.63) is 23.8 Å². The molecule has 2 aliphatic rings. The molecule has 7 nitrogen and oxygen atoms in total. The van der Waals surface area contributed by atoms with Crippen LogP contribution in [0.3, 0.4) is 0 Å². The highest BCUT2D eigenvalue weighted by Crippen LogP contribution is 2.24. The number of likely N-dealkylation sites (tertiary alicyclic amines) is 1. The van der Waals surface area contributed by atoms with E-state index in [2.05, 4.69) is 17.1 Å². The predicted octanol–water partition coefficient (Wildman–Crippen LogP) is 1.83. The van der Waals surface area contributed by atoms with Crippen LogP contribution in [0.5, 0.6) is 0 Å². The average Bonchev–Trinajstić information content (AvgIpc) is 2.66. The molecule has 1 N–H and O–H groups in total. The fourth-order valence-corrected chi connectivity index (χ4v) is 5.32. The summed E-state index contributed by atoms with van der Waals surface area (Å²) in [6.45, 7) is 6.70. The molecule has 0 radical (unpaired) electrons. The molecule has 2 saturated heterocycles. The second-order valence-corrected chi connectivity index (χ2v) is 9.27. The summed E-state index contributed by atoms with van der Waals surface area (Å²) in [5, 5.41) is 2.86. The zero-order valence-electron chi connectivity index (χ0n) is 16.1. The summed E-state index contributed by atoms with van der Waals surface area (Å²) in [5.74, 6) is -0.109. The van der Waals surface area contributed by atoms with E-state index in [0.717, 1.165) is 19.4 Å². The molecule has 3 rings (SSSR count). The number of nitrogens with zero attached hydrogens (tertiary/aromatic N) is 2. The Labute approximate surface area is 161 Å². The number of carbonyl (C=O) groups is 1. The Hall–Kier alpha value is -1.48. The first kappa shape index (κ1) is 20.3. The Morgan fingerprint density at radius 1 is 1.22 bits per heavy atom. The van der Waals surface area contributed by atoms with E-state index in [9.17, 15) is 13.2 Å². The number of morpholine rings is 1. The second-order valence-electron chi connectivity index (χ2n) is 7.36. The maximum Gasteiger partial charge on any atom is 0.243 e. The fourth-order valence-electron chi connectivity index (χ4n) is 3.66. The van der Waals surface area contributed by atoms with Crippen LogP contribution in [0.2, 0.25) is 0 Å². The number of carbonyl (C=O) groups excluding carboxylic acids is 1. The van der Waals surface area contributed by atoms with Gasteiger partial charge >= 0.3 is 0 Å². The maximum atomic E-state index is 13.0. The number of sulfonamides is 1. The predicted molar refractivity (Wildman–Crippen MR) is 104 cm³/mol. The van der Waals surface area contributed by atoms with Crippen molar-refractivity contribution in [3.8, 4) is 0 Å². The van der Waals surface area contributed by atoms with E-state index in [1.165, 1.54) is 10.7 Å². The molecule has 2 heterocycles. The number of anilines is 1. The van der Waals surface area contributed by atoms with Crippen molar-refractivity contribution in [1.82, 2.24) is 9.21 Å². The zero-order chi connectivity index (χ0) is 19.4. The highest BCUT2D eigenvalue weighted by Gasteiger charge is 2.28. The summed E-state index contributed by atoms with van der Waals surface area (Å²) in [4.78, 5) is 14.9. The largest absolute Gasteiger partial charge is 0.379 e. The van der Waals surface area contributed by atoms with Crippen LogP contribution in [-0.4, -0.2) is 69.0 Å². The van der Waals surface area contributed by atoms with Gasteiger partial charge in [-0.05, 0) is 50.9 Å². The maximum absolute atomic E-state index is 13.0. The molecule has 1 aromatic carbocycles. The lowest BCUT2D eigenvalue weighted by Crippen LogP contribution is -2.42. The highest BCUT2D eigenvalue weighted by molar-refractivity contribution is 7.89. The Kier molecular flexibility index (Phi) is 6.52. The van der Waals surface area contributed by atoms with Crippen LogP contribution in [0.15, 0.2) is 23.1 Å². The van der Waals surface area contributed by atoms with Crippen LogP contribution in [-0.2, 0) is 19.6 Å². The van der Waals surface area contributed by atoms with Gasteiger partial charge in [0.2, 0.25) is 15.9 Å². The van der Waals surface area contributed by atoms with Gasteiger partial charge in [0.25, 0.3) is 0 Å². The summed E-state index contributed by atoms with van der Waals surface area (Å²) < 4.78 is 32.6. The number of aryl methyl sites for hydroxylation is 1. The van der Waals surface area contributed by atoms with Crippen molar-refractivity contribution in [2.45, 2.75) is 44.0 Å². The number of piperidine rings is 1. The summed E-state index contributed by atoms with van der Waals surface area (Å²) in [7, 11) is -3.60. The van der Waals surface area contributed by atoms with Crippen LogP contribution in [0.1, 0.15) is 31.7 Å². The lowest BCUT2D eigenvalue weighted by atomic mass is 10.0. The average molecular weight is 396 g/mol. The number of rotatable bonds is 5. The molecule has 1 atom stereocenters. The first-order valence-corrected chi connectivity index (χ1v) is 11.0. The van der Waals surface area contributed by atoms with E-state index < -0.39 is 10.0 Å². The molecule has 150 valence electrons. The molecule has 27 heavy (non-hydrogen) atoms. The number of nitrogens with one attached hydrogen (secondary N) is 1. The smallest absolute Gasteiger partial charge is 0.243 e. The molecule has 0 bridgehead atoms. The standard InChI is InChI=1S/C19H29N3O4S/c1-15-6-7-17(20-19(23)14-21-8-4-3-5-16(21)2)13-18(15)27(24,25)22-9-11-26-12-10-22/h6-7,13,16H,3-5,8-12,14H2,1-2H3,(H,20,23). The first-order valence-electron chi connectivity index (χ1n) is 9.60. The van der Waals surface area contributed by atoms with Crippen LogP contribution in [0.4, 0.5) is 5.69 Å².